The maximum absolute atomic E-state index is 13.7. The van der Waals surface area contributed by atoms with E-state index in [2.05, 4.69) is 26.3 Å². The van der Waals surface area contributed by atoms with Crippen LogP contribution in [0.1, 0.15) is 21.7 Å². The Morgan fingerprint density at radius 2 is 2.00 bits per heavy atom. The van der Waals surface area contributed by atoms with Gasteiger partial charge in [-0.15, -0.1) is 6.42 Å². The molecular formula is C21H16F3N5O2. The number of aromatic amines is 1. The van der Waals surface area contributed by atoms with E-state index in [1.165, 1.54) is 38.4 Å². The van der Waals surface area contributed by atoms with Crippen molar-refractivity contribution in [1.29, 1.82) is 0 Å². The van der Waals surface area contributed by atoms with Gasteiger partial charge in [-0.2, -0.15) is 22.8 Å². The number of fused-ring (bicyclic) bond motifs is 1. The number of hydrogen-bond donors (Lipinski definition) is 2. The molecule has 0 aliphatic heterocycles. The average molecular weight is 427 g/mol. The Hall–Kier alpha value is -4.13. The molecule has 7 nitrogen and oxygen atoms in total. The van der Waals surface area contributed by atoms with Crippen molar-refractivity contribution in [1.82, 2.24) is 19.9 Å². The van der Waals surface area contributed by atoms with Crippen molar-refractivity contribution in [3.05, 3.63) is 69.4 Å². The van der Waals surface area contributed by atoms with E-state index in [1.54, 1.807) is 18.2 Å². The van der Waals surface area contributed by atoms with Crippen LogP contribution in [0.3, 0.4) is 0 Å². The van der Waals surface area contributed by atoms with Gasteiger partial charge in [-0.1, -0.05) is 36.3 Å². The van der Waals surface area contributed by atoms with Gasteiger partial charge in [-0.25, -0.2) is 0 Å². The second-order valence-corrected chi connectivity index (χ2v) is 6.39. The molecule has 3 aromatic rings. The minimum absolute atomic E-state index is 0.0642. The van der Waals surface area contributed by atoms with Crippen LogP contribution < -0.4 is 10.9 Å². The number of nitrogens with zero attached hydrogens (tertiary/aromatic N) is 3. The van der Waals surface area contributed by atoms with Gasteiger partial charge in [0, 0.05) is 25.0 Å². The summed E-state index contributed by atoms with van der Waals surface area (Å²) < 4.78 is 41.6. The average Bonchev–Trinajstić information content (AvgIpc) is 3.09. The van der Waals surface area contributed by atoms with Crippen LogP contribution in [-0.4, -0.2) is 33.8 Å². The zero-order chi connectivity index (χ0) is 22.8. The van der Waals surface area contributed by atoms with Gasteiger partial charge >= 0.3 is 6.18 Å². The highest BCUT2D eigenvalue weighted by Gasteiger charge is 2.39. The summed E-state index contributed by atoms with van der Waals surface area (Å²) in [5.74, 6) is 1.35. The molecule has 3 rings (SSSR count). The number of benzene rings is 1. The van der Waals surface area contributed by atoms with Gasteiger partial charge in [0.25, 0.3) is 11.5 Å². The van der Waals surface area contributed by atoms with E-state index >= 15 is 0 Å². The second kappa shape index (κ2) is 8.31. The largest absolute Gasteiger partial charge is 0.435 e. The van der Waals surface area contributed by atoms with Crippen molar-refractivity contribution in [2.45, 2.75) is 13.1 Å². The smallest absolute Gasteiger partial charge is 0.342 e. The van der Waals surface area contributed by atoms with Gasteiger partial charge in [0.15, 0.2) is 5.69 Å². The lowest BCUT2D eigenvalue weighted by Gasteiger charge is -2.09. The van der Waals surface area contributed by atoms with Gasteiger partial charge < -0.3 is 10.3 Å². The summed E-state index contributed by atoms with van der Waals surface area (Å²) >= 11 is 0. The first kappa shape index (κ1) is 21.6. The topological polar surface area (TPSA) is 91.6 Å². The lowest BCUT2D eigenvalue weighted by Crippen LogP contribution is -2.33. The van der Waals surface area contributed by atoms with Crippen LogP contribution in [0, 0.1) is 19.3 Å². The molecular weight excluding hydrogens is 411 g/mol. The van der Waals surface area contributed by atoms with Crippen molar-refractivity contribution < 1.29 is 18.0 Å². The number of amides is 1. The summed E-state index contributed by atoms with van der Waals surface area (Å²) in [7, 11) is 1.45. The molecule has 158 valence electrons. The molecule has 0 aliphatic rings. The Kier molecular flexibility index (Phi) is 5.79. The number of terminal acetylenes is 1. The molecule has 1 amide bonds. The summed E-state index contributed by atoms with van der Waals surface area (Å²) in [6.07, 6.45) is 2.86. The normalized spacial score (nSPS) is 12.3. The minimum atomic E-state index is -4.83. The van der Waals surface area contributed by atoms with Crippen LogP contribution in [0.25, 0.3) is 16.8 Å². The van der Waals surface area contributed by atoms with Gasteiger partial charge in [-0.3, -0.25) is 14.6 Å². The molecule has 0 bridgehead atoms. The second-order valence-electron chi connectivity index (χ2n) is 6.39. The van der Waals surface area contributed by atoms with Crippen LogP contribution in [0.2, 0.25) is 0 Å². The van der Waals surface area contributed by atoms with E-state index in [4.69, 9.17) is 6.42 Å². The number of aliphatic imine (C=N–C) groups is 1. The Bertz CT molecular complexity index is 1310. The standard InChI is InChI=1S/C21H16F3N5O2/c1-4-8-14(11-25-3)27-19(30)15-12(2)26-18-16(13-9-6-5-7-10-13)17(21(22,23)24)28-29(18)20(15)31/h1,5-11,26H,2-3H3,(H,27,30)/b14-8+,25-11-. The van der Waals surface area contributed by atoms with Crippen molar-refractivity contribution >= 4 is 17.8 Å². The molecule has 0 unspecified atom stereocenters. The Balaban J connectivity index is 2.26. The van der Waals surface area contributed by atoms with Gasteiger partial charge in [0.2, 0.25) is 0 Å². The molecule has 31 heavy (non-hydrogen) atoms. The number of nitrogens with one attached hydrogen (secondary N) is 2. The molecule has 2 heterocycles. The van der Waals surface area contributed by atoms with Crippen LogP contribution >= 0.6 is 0 Å². The van der Waals surface area contributed by atoms with Crippen molar-refractivity contribution in [2.75, 3.05) is 7.05 Å². The molecule has 0 atom stereocenters. The van der Waals surface area contributed by atoms with Gasteiger partial charge in [-0.05, 0) is 12.5 Å². The first-order valence-electron chi connectivity index (χ1n) is 8.87. The quantitative estimate of drug-likeness (QED) is 0.495. The molecule has 0 saturated carbocycles. The number of allylic oxidation sites excluding steroid dienone is 2. The highest BCUT2D eigenvalue weighted by atomic mass is 19.4. The summed E-state index contributed by atoms with van der Waals surface area (Å²) in [5.41, 5.74) is -2.70. The zero-order valence-electron chi connectivity index (χ0n) is 16.4. The maximum Gasteiger partial charge on any atom is 0.435 e. The summed E-state index contributed by atoms with van der Waals surface area (Å²) in [6.45, 7) is 1.41. The van der Waals surface area contributed by atoms with E-state index in [0.717, 1.165) is 0 Å². The zero-order valence-corrected chi connectivity index (χ0v) is 16.4. The fourth-order valence-electron chi connectivity index (χ4n) is 3.06. The van der Waals surface area contributed by atoms with E-state index in [-0.39, 0.29) is 28.2 Å². The predicted molar refractivity (Wildman–Crippen MR) is 110 cm³/mol. The van der Waals surface area contributed by atoms with Gasteiger partial charge in [0.05, 0.1) is 11.3 Å². The molecule has 0 aliphatic carbocycles. The van der Waals surface area contributed by atoms with Crippen molar-refractivity contribution in [3.8, 4) is 23.5 Å². The third kappa shape index (κ3) is 4.11. The number of carbonyl (C=O) groups is 1. The summed E-state index contributed by atoms with van der Waals surface area (Å²) in [6, 6.07) is 7.74. The molecule has 0 spiro atoms. The number of rotatable bonds is 4. The monoisotopic (exact) mass is 427 g/mol. The Labute approximate surface area is 174 Å². The van der Waals surface area contributed by atoms with Crippen LogP contribution in [0.5, 0.6) is 0 Å². The van der Waals surface area contributed by atoms with Crippen LogP contribution in [0.4, 0.5) is 13.2 Å². The third-order valence-electron chi connectivity index (χ3n) is 4.30. The minimum Gasteiger partial charge on any atom is -0.342 e. The van der Waals surface area contributed by atoms with Crippen molar-refractivity contribution in [3.63, 3.8) is 0 Å². The predicted octanol–water partition coefficient (Wildman–Crippen LogP) is 2.96. The van der Waals surface area contributed by atoms with E-state index in [1.807, 2.05) is 0 Å². The first-order valence-corrected chi connectivity index (χ1v) is 8.87. The Morgan fingerprint density at radius 3 is 2.58 bits per heavy atom. The number of aryl methyl sites for hydroxylation is 1. The van der Waals surface area contributed by atoms with Crippen LogP contribution in [-0.2, 0) is 6.18 Å². The van der Waals surface area contributed by atoms with Crippen molar-refractivity contribution in [2.24, 2.45) is 4.99 Å². The number of carbonyl (C=O) groups excluding carboxylic acids is 1. The van der Waals surface area contributed by atoms with E-state index in [0.29, 0.717) is 4.52 Å². The Morgan fingerprint density at radius 1 is 1.32 bits per heavy atom. The third-order valence-corrected chi connectivity index (χ3v) is 4.30. The molecule has 2 N–H and O–H groups in total. The highest BCUT2D eigenvalue weighted by Crippen LogP contribution is 2.38. The molecule has 10 heteroatoms. The molecule has 1 aromatic carbocycles. The molecule has 2 aromatic heterocycles. The molecule has 0 saturated heterocycles. The summed E-state index contributed by atoms with van der Waals surface area (Å²) in [5, 5.41) is 5.90. The number of alkyl halides is 3. The van der Waals surface area contributed by atoms with Gasteiger partial charge in [0.1, 0.15) is 11.2 Å². The highest BCUT2D eigenvalue weighted by molar-refractivity contribution is 6.00. The van der Waals surface area contributed by atoms with Crippen LogP contribution in [0.15, 0.2) is 51.9 Å². The number of halogens is 3. The van der Waals surface area contributed by atoms with E-state index < -0.39 is 28.9 Å². The fraction of sp³-hybridized carbons (Fsp3) is 0.143. The summed E-state index contributed by atoms with van der Waals surface area (Å²) in [4.78, 5) is 32.1. The van der Waals surface area contributed by atoms with E-state index in [9.17, 15) is 22.8 Å². The maximum atomic E-state index is 13.7. The number of aromatic nitrogens is 3. The lowest BCUT2D eigenvalue weighted by molar-refractivity contribution is -0.140. The fourth-order valence-corrected chi connectivity index (χ4v) is 3.06. The molecule has 0 fully saturated rings. The lowest BCUT2D eigenvalue weighted by atomic mass is 10.1. The molecule has 0 radical (unpaired) electrons. The number of H-pyrrole nitrogens is 1. The SMILES string of the molecule is C#C/C=C(\C=N/C)NC(=O)c1c(C)[nH]c2c(-c3ccccc3)c(C(F)(F)F)nn2c1=O. The first-order chi connectivity index (χ1) is 14.7. The number of hydrogen-bond acceptors (Lipinski definition) is 4.